The van der Waals surface area contributed by atoms with Gasteiger partial charge in [-0.2, -0.15) is 0 Å². The second kappa shape index (κ2) is 9.62. The molecule has 1 fully saturated rings. The number of hydrogen-bond acceptors (Lipinski definition) is 4. The van der Waals surface area contributed by atoms with Gasteiger partial charge in [0.1, 0.15) is 0 Å². The van der Waals surface area contributed by atoms with Gasteiger partial charge in [-0.05, 0) is 69.2 Å². The SMILES string of the molecule is C=C(B1OC(C)(C)C(C)(C)O1)[C@H](CCO[Si](C)(C)C(C)(C)C)[C@@](N)(c1ccccc1)C(C)C. The average Bonchev–Trinajstić information content (AvgIpc) is 2.91. The molecule has 1 aromatic carbocycles. The van der Waals surface area contributed by atoms with E-state index in [0.717, 1.165) is 17.5 Å². The van der Waals surface area contributed by atoms with Crippen molar-refractivity contribution in [2.45, 2.75) is 104 Å². The van der Waals surface area contributed by atoms with Crippen molar-refractivity contribution in [1.82, 2.24) is 0 Å². The smallest absolute Gasteiger partial charge is 0.417 e. The summed E-state index contributed by atoms with van der Waals surface area (Å²) in [4.78, 5) is 0. The summed E-state index contributed by atoms with van der Waals surface area (Å²) in [6.45, 7) is 29.2. The Labute approximate surface area is 204 Å². The van der Waals surface area contributed by atoms with E-state index in [0.29, 0.717) is 6.61 Å². The Morgan fingerprint density at radius 1 is 1.06 bits per heavy atom. The van der Waals surface area contributed by atoms with Crippen LogP contribution < -0.4 is 5.73 Å². The van der Waals surface area contributed by atoms with Crippen molar-refractivity contribution >= 4 is 15.4 Å². The summed E-state index contributed by atoms with van der Waals surface area (Å²) in [5.41, 5.74) is 7.85. The van der Waals surface area contributed by atoms with E-state index >= 15 is 0 Å². The van der Waals surface area contributed by atoms with Crippen molar-refractivity contribution in [3.63, 3.8) is 0 Å². The summed E-state index contributed by atoms with van der Waals surface area (Å²) < 4.78 is 19.4. The largest absolute Gasteiger partial charge is 0.490 e. The van der Waals surface area contributed by atoms with Gasteiger partial charge in [0.25, 0.3) is 0 Å². The molecule has 1 aliphatic heterocycles. The molecule has 0 saturated carbocycles. The molecule has 2 rings (SSSR count). The molecule has 2 N–H and O–H groups in total. The maximum Gasteiger partial charge on any atom is 0.490 e. The van der Waals surface area contributed by atoms with Crippen molar-refractivity contribution in [2.75, 3.05) is 6.61 Å². The topological polar surface area (TPSA) is 53.7 Å². The van der Waals surface area contributed by atoms with Crippen LogP contribution in [0.4, 0.5) is 0 Å². The molecule has 1 saturated heterocycles. The van der Waals surface area contributed by atoms with E-state index in [1.807, 2.05) is 6.07 Å². The lowest BCUT2D eigenvalue weighted by Gasteiger charge is -2.44. The van der Waals surface area contributed by atoms with Crippen molar-refractivity contribution in [2.24, 2.45) is 17.6 Å². The maximum absolute atomic E-state index is 7.33. The highest BCUT2D eigenvalue weighted by Crippen LogP contribution is 2.46. The van der Waals surface area contributed by atoms with Gasteiger partial charge in [-0.3, -0.25) is 0 Å². The Kier molecular flexibility index (Phi) is 8.25. The first kappa shape index (κ1) is 28.3. The molecule has 1 heterocycles. The highest BCUT2D eigenvalue weighted by atomic mass is 28.4. The lowest BCUT2D eigenvalue weighted by molar-refractivity contribution is 0.00578. The minimum Gasteiger partial charge on any atom is -0.417 e. The quantitative estimate of drug-likeness (QED) is 0.405. The van der Waals surface area contributed by atoms with Crippen LogP contribution in [0.3, 0.4) is 0 Å². The fourth-order valence-electron chi connectivity index (χ4n) is 4.20. The molecule has 0 unspecified atom stereocenters. The molecule has 33 heavy (non-hydrogen) atoms. The highest BCUT2D eigenvalue weighted by molar-refractivity contribution is 6.74. The molecular formula is C27H48BNO3Si. The summed E-state index contributed by atoms with van der Waals surface area (Å²) in [7, 11) is -2.38. The minimum atomic E-state index is -1.88. The zero-order valence-corrected chi connectivity index (χ0v) is 24.0. The zero-order chi connectivity index (χ0) is 25.5. The van der Waals surface area contributed by atoms with E-state index < -0.39 is 32.2 Å². The van der Waals surface area contributed by atoms with E-state index in [1.54, 1.807) is 0 Å². The van der Waals surface area contributed by atoms with Crippen molar-refractivity contribution in [3.8, 4) is 0 Å². The first-order valence-corrected chi connectivity index (χ1v) is 15.3. The lowest BCUT2D eigenvalue weighted by Crippen LogP contribution is -2.52. The third-order valence-electron chi connectivity index (χ3n) is 8.48. The molecular weight excluding hydrogens is 425 g/mol. The van der Waals surface area contributed by atoms with Crippen molar-refractivity contribution in [1.29, 1.82) is 0 Å². The van der Waals surface area contributed by atoms with Crippen LogP contribution >= 0.6 is 0 Å². The molecule has 4 nitrogen and oxygen atoms in total. The third kappa shape index (κ3) is 5.67. The van der Waals surface area contributed by atoms with E-state index in [1.165, 1.54) is 0 Å². The standard InChI is InChI=1S/C27H48BNO3Si/c1-20(2)27(29,22-16-14-13-15-17-22)23(18-19-30-33(11,12)24(4,5)6)21(3)28-31-25(7,8)26(9,10)32-28/h13-17,20,23H,3,18-19,29H2,1-2,4-12H3/t23-,27-/m0/s1. The summed E-state index contributed by atoms with van der Waals surface area (Å²) in [6.07, 6.45) is 0.763. The Morgan fingerprint density at radius 2 is 1.55 bits per heavy atom. The van der Waals surface area contributed by atoms with Gasteiger partial charge in [-0.1, -0.05) is 65.0 Å². The number of hydrogen-bond donors (Lipinski definition) is 1. The summed E-state index contributed by atoms with van der Waals surface area (Å²) in [5, 5.41) is 0.155. The molecule has 1 aromatic rings. The number of benzene rings is 1. The van der Waals surface area contributed by atoms with E-state index in [2.05, 4.69) is 106 Å². The molecule has 0 aromatic heterocycles. The summed E-state index contributed by atoms with van der Waals surface area (Å²) >= 11 is 0. The molecule has 2 atom stereocenters. The molecule has 0 aliphatic carbocycles. The van der Waals surface area contributed by atoms with Gasteiger partial charge in [0.15, 0.2) is 8.32 Å². The van der Waals surface area contributed by atoms with Crippen LogP contribution in [0.15, 0.2) is 42.4 Å². The molecule has 6 heteroatoms. The Hall–Kier alpha value is -0.918. The van der Waals surface area contributed by atoms with Gasteiger partial charge in [-0.25, -0.2) is 0 Å². The first-order valence-electron chi connectivity index (χ1n) is 12.4. The Bertz CT molecular complexity index is 800. The highest BCUT2D eigenvalue weighted by Gasteiger charge is 2.55. The fraction of sp³-hybridized carbons (Fsp3) is 0.704. The number of rotatable bonds is 9. The second-order valence-electron chi connectivity index (χ2n) is 12.6. The summed E-state index contributed by atoms with van der Waals surface area (Å²) in [5.74, 6) is 0.108. The van der Waals surface area contributed by atoms with Gasteiger partial charge in [0.2, 0.25) is 0 Å². The molecule has 0 spiro atoms. The predicted molar refractivity (Wildman–Crippen MR) is 144 cm³/mol. The van der Waals surface area contributed by atoms with E-state index in [4.69, 9.17) is 19.5 Å². The maximum atomic E-state index is 7.33. The van der Waals surface area contributed by atoms with Gasteiger partial charge in [0.05, 0.1) is 11.2 Å². The van der Waals surface area contributed by atoms with Crippen molar-refractivity contribution in [3.05, 3.63) is 47.9 Å². The van der Waals surface area contributed by atoms with Crippen LogP contribution in [0.2, 0.25) is 18.1 Å². The van der Waals surface area contributed by atoms with E-state index in [9.17, 15) is 0 Å². The second-order valence-corrected chi connectivity index (χ2v) is 17.4. The van der Waals surface area contributed by atoms with Gasteiger partial charge < -0.3 is 19.5 Å². The molecule has 0 amide bonds. The first-order chi connectivity index (χ1) is 14.9. The van der Waals surface area contributed by atoms with Crippen LogP contribution in [0, 0.1) is 11.8 Å². The number of nitrogens with two attached hydrogens (primary N) is 1. The van der Waals surface area contributed by atoms with Gasteiger partial charge in [0, 0.05) is 18.1 Å². The van der Waals surface area contributed by atoms with Crippen LogP contribution in [-0.4, -0.2) is 33.2 Å². The zero-order valence-electron chi connectivity index (χ0n) is 23.0. The van der Waals surface area contributed by atoms with Crippen LogP contribution in [0.25, 0.3) is 0 Å². The molecule has 1 aliphatic rings. The third-order valence-corrected chi connectivity index (χ3v) is 13.0. The average molecular weight is 474 g/mol. The Balaban J connectivity index is 2.42. The molecule has 0 radical (unpaired) electrons. The van der Waals surface area contributed by atoms with Gasteiger partial charge in [-0.15, -0.1) is 6.58 Å². The predicted octanol–water partition coefficient (Wildman–Crippen LogP) is 6.71. The monoisotopic (exact) mass is 473 g/mol. The van der Waals surface area contributed by atoms with Crippen LogP contribution in [0.5, 0.6) is 0 Å². The van der Waals surface area contributed by atoms with Crippen LogP contribution in [0.1, 0.15) is 74.3 Å². The minimum absolute atomic E-state index is 0.0700. The van der Waals surface area contributed by atoms with Gasteiger partial charge >= 0.3 is 7.12 Å². The van der Waals surface area contributed by atoms with Crippen molar-refractivity contribution < 1.29 is 13.7 Å². The van der Waals surface area contributed by atoms with Crippen LogP contribution in [-0.2, 0) is 19.3 Å². The normalized spacial score (nSPS) is 21.2. The Morgan fingerprint density at radius 3 is 1.97 bits per heavy atom. The lowest BCUT2D eigenvalue weighted by atomic mass is 9.59. The summed E-state index contributed by atoms with van der Waals surface area (Å²) in [6, 6.07) is 10.4. The fourth-order valence-corrected chi connectivity index (χ4v) is 5.26. The van der Waals surface area contributed by atoms with E-state index in [-0.39, 0.29) is 16.9 Å². The molecule has 186 valence electrons. The molecule has 0 bridgehead atoms.